The summed E-state index contributed by atoms with van der Waals surface area (Å²) < 4.78 is 45.8. The lowest BCUT2D eigenvalue weighted by molar-refractivity contribution is -0.274. The number of cyclic esters (lactones) is 1. The Labute approximate surface area is 165 Å². The molecule has 4 aliphatic rings. The molecule has 6 nitrogen and oxygen atoms in total. The largest absolute Gasteiger partial charge is 0.573 e. The van der Waals surface area contributed by atoms with Crippen LogP contribution in [0.25, 0.3) is 0 Å². The highest BCUT2D eigenvalue weighted by molar-refractivity contribution is 5.82. The minimum Gasteiger partial charge on any atom is -0.447 e. The van der Waals surface area contributed by atoms with Crippen molar-refractivity contribution in [2.24, 2.45) is 17.3 Å². The van der Waals surface area contributed by atoms with Crippen LogP contribution < -0.4 is 10.1 Å². The Bertz CT molecular complexity index is 865. The molecule has 2 aliphatic carbocycles. The van der Waals surface area contributed by atoms with Crippen LogP contribution in [0.15, 0.2) is 24.3 Å². The van der Waals surface area contributed by atoms with Crippen molar-refractivity contribution in [2.75, 3.05) is 19.7 Å². The van der Waals surface area contributed by atoms with Gasteiger partial charge in [-0.3, -0.25) is 4.79 Å². The van der Waals surface area contributed by atoms with Gasteiger partial charge >= 0.3 is 12.5 Å². The van der Waals surface area contributed by atoms with Gasteiger partial charge in [0.25, 0.3) is 0 Å². The van der Waals surface area contributed by atoms with Crippen LogP contribution in [0.4, 0.5) is 18.0 Å². The molecule has 1 spiro atoms. The summed E-state index contributed by atoms with van der Waals surface area (Å²) in [5.41, 5.74) is 0.563. The van der Waals surface area contributed by atoms with Crippen LogP contribution in [0.3, 0.4) is 0 Å². The zero-order valence-corrected chi connectivity index (χ0v) is 15.8. The van der Waals surface area contributed by atoms with Gasteiger partial charge in [0, 0.05) is 19.0 Å². The number of likely N-dealkylation sites (tertiary alicyclic amines) is 1. The number of amides is 2. The van der Waals surface area contributed by atoms with Gasteiger partial charge in [0.1, 0.15) is 12.4 Å². The fourth-order valence-corrected chi connectivity index (χ4v) is 5.59. The van der Waals surface area contributed by atoms with E-state index in [4.69, 9.17) is 4.74 Å². The van der Waals surface area contributed by atoms with Gasteiger partial charge < -0.3 is 19.7 Å². The van der Waals surface area contributed by atoms with Crippen molar-refractivity contribution >= 4 is 12.0 Å². The van der Waals surface area contributed by atoms with Crippen LogP contribution in [-0.4, -0.2) is 48.5 Å². The Morgan fingerprint density at radius 3 is 2.48 bits per heavy atom. The molecule has 0 unspecified atom stereocenters. The molecule has 0 aromatic heterocycles. The first-order valence-corrected chi connectivity index (χ1v) is 9.68. The zero-order valence-electron chi connectivity index (χ0n) is 15.8. The zero-order chi connectivity index (χ0) is 20.6. The average Bonchev–Trinajstić information content (AvgIpc) is 2.92. The van der Waals surface area contributed by atoms with E-state index < -0.39 is 12.5 Å². The van der Waals surface area contributed by atoms with Crippen molar-refractivity contribution in [1.29, 1.82) is 0 Å². The summed E-state index contributed by atoms with van der Waals surface area (Å²) in [6.45, 7) is 3.76. The summed E-state index contributed by atoms with van der Waals surface area (Å²) in [5, 5.41) is 2.80. The van der Waals surface area contributed by atoms with Crippen molar-refractivity contribution < 1.29 is 32.2 Å². The molecule has 2 saturated heterocycles. The topological polar surface area (TPSA) is 67.9 Å². The number of halogens is 3. The second kappa shape index (κ2) is 5.79. The standard InChI is InChI=1S/C20H21F3N2O4/c1-18-9-25(16(26)12-6-19(7-12)10-28-17(27)24-19)8-14(18)15(18)11-2-4-13(5-3-11)29-20(21,22)23/h2-5,12,14-15H,6-10H2,1H3,(H,24,27)/t12?,14-,15-,18-,19?/m0/s1. The summed E-state index contributed by atoms with van der Waals surface area (Å²) >= 11 is 0. The van der Waals surface area contributed by atoms with Gasteiger partial charge in [-0.2, -0.15) is 0 Å². The third kappa shape index (κ3) is 3.02. The highest BCUT2D eigenvalue weighted by atomic mass is 19.4. The molecule has 5 rings (SSSR count). The molecule has 1 N–H and O–H groups in total. The van der Waals surface area contributed by atoms with Gasteiger partial charge in [-0.15, -0.1) is 13.2 Å². The Kier molecular flexibility index (Phi) is 3.71. The van der Waals surface area contributed by atoms with Gasteiger partial charge in [-0.05, 0) is 47.8 Å². The van der Waals surface area contributed by atoms with Crippen molar-refractivity contribution in [2.45, 2.75) is 37.6 Å². The number of alkyl carbamates (subject to hydrolysis) is 1. The Balaban J connectivity index is 1.18. The summed E-state index contributed by atoms with van der Waals surface area (Å²) in [7, 11) is 0. The first kappa shape index (κ1) is 18.6. The van der Waals surface area contributed by atoms with E-state index in [-0.39, 0.29) is 34.4 Å². The Hall–Kier alpha value is -2.45. The lowest BCUT2D eigenvalue weighted by Crippen LogP contribution is -2.58. The maximum absolute atomic E-state index is 12.8. The lowest BCUT2D eigenvalue weighted by atomic mass is 9.68. The Morgan fingerprint density at radius 1 is 1.28 bits per heavy atom. The number of carbonyl (C=O) groups is 2. The molecule has 4 fully saturated rings. The molecule has 1 aromatic rings. The number of benzene rings is 1. The number of piperidine rings is 1. The van der Waals surface area contributed by atoms with Crippen molar-refractivity contribution in [3.63, 3.8) is 0 Å². The number of rotatable bonds is 3. The van der Waals surface area contributed by atoms with Crippen LogP contribution in [-0.2, 0) is 9.53 Å². The molecule has 2 heterocycles. The number of hydrogen-bond donors (Lipinski definition) is 1. The summed E-state index contributed by atoms with van der Waals surface area (Å²) in [6, 6.07) is 6.05. The van der Waals surface area contributed by atoms with Crippen LogP contribution in [0, 0.1) is 17.3 Å². The van der Waals surface area contributed by atoms with Gasteiger partial charge in [0.15, 0.2) is 0 Å². The fourth-order valence-electron chi connectivity index (χ4n) is 5.59. The molecule has 0 radical (unpaired) electrons. The molecule has 156 valence electrons. The number of ether oxygens (including phenoxy) is 2. The predicted octanol–water partition coefficient (Wildman–Crippen LogP) is 3.04. The highest BCUT2D eigenvalue weighted by Gasteiger charge is 2.67. The second-order valence-electron chi connectivity index (χ2n) is 9.01. The molecule has 0 bridgehead atoms. The Morgan fingerprint density at radius 2 is 1.97 bits per heavy atom. The minimum absolute atomic E-state index is 0.0474. The fraction of sp³-hybridized carbons (Fsp3) is 0.600. The van der Waals surface area contributed by atoms with E-state index in [0.29, 0.717) is 38.5 Å². The molecular formula is C20H21F3N2O4. The van der Waals surface area contributed by atoms with Gasteiger partial charge in [-0.1, -0.05) is 19.1 Å². The first-order valence-electron chi connectivity index (χ1n) is 9.68. The van der Waals surface area contributed by atoms with E-state index in [9.17, 15) is 22.8 Å². The van der Waals surface area contributed by atoms with E-state index in [1.54, 1.807) is 12.1 Å². The third-order valence-electron chi connectivity index (χ3n) is 7.05. The third-order valence-corrected chi connectivity index (χ3v) is 7.05. The van der Waals surface area contributed by atoms with E-state index in [2.05, 4.69) is 17.0 Å². The van der Waals surface area contributed by atoms with E-state index in [1.807, 2.05) is 4.90 Å². The normalized spacial score (nSPS) is 37.6. The van der Waals surface area contributed by atoms with Crippen molar-refractivity contribution in [3.05, 3.63) is 29.8 Å². The van der Waals surface area contributed by atoms with E-state index in [0.717, 1.165) is 5.56 Å². The summed E-state index contributed by atoms with van der Waals surface area (Å²) in [4.78, 5) is 26.0. The number of nitrogens with one attached hydrogen (secondary N) is 1. The number of carbonyl (C=O) groups excluding carboxylic acids is 2. The van der Waals surface area contributed by atoms with E-state index >= 15 is 0 Å². The molecular weight excluding hydrogens is 389 g/mol. The number of fused-ring (bicyclic) bond motifs is 1. The van der Waals surface area contributed by atoms with Crippen LogP contribution in [0.2, 0.25) is 0 Å². The molecule has 2 aliphatic heterocycles. The van der Waals surface area contributed by atoms with Crippen molar-refractivity contribution in [3.8, 4) is 5.75 Å². The molecule has 9 heteroatoms. The molecule has 2 saturated carbocycles. The SMILES string of the molecule is C[C@]12CN(C(=O)C3CC4(COC(=O)N4)C3)C[C@H]1[C@@H]2c1ccc(OC(F)(F)F)cc1. The predicted molar refractivity (Wildman–Crippen MR) is 94.0 cm³/mol. The van der Waals surface area contributed by atoms with Gasteiger partial charge in [-0.25, -0.2) is 4.79 Å². The average molecular weight is 410 g/mol. The smallest absolute Gasteiger partial charge is 0.447 e. The van der Waals surface area contributed by atoms with Gasteiger partial charge in [0.05, 0.1) is 5.54 Å². The number of nitrogens with zero attached hydrogens (tertiary/aromatic N) is 1. The second-order valence-corrected chi connectivity index (χ2v) is 9.01. The quantitative estimate of drug-likeness (QED) is 0.832. The highest BCUT2D eigenvalue weighted by Crippen LogP contribution is 2.68. The molecule has 3 atom stereocenters. The monoisotopic (exact) mass is 410 g/mol. The molecule has 2 amide bonds. The van der Waals surface area contributed by atoms with Crippen LogP contribution in [0.5, 0.6) is 5.75 Å². The summed E-state index contributed by atoms with van der Waals surface area (Å²) in [5.74, 6) is 0.357. The van der Waals surface area contributed by atoms with Crippen LogP contribution in [0.1, 0.15) is 31.2 Å². The first-order chi connectivity index (χ1) is 13.6. The maximum atomic E-state index is 12.8. The van der Waals surface area contributed by atoms with Crippen LogP contribution >= 0.6 is 0 Å². The number of alkyl halides is 3. The van der Waals surface area contributed by atoms with Crippen molar-refractivity contribution in [1.82, 2.24) is 10.2 Å². The lowest BCUT2D eigenvalue weighted by Gasteiger charge is -2.43. The summed E-state index contributed by atoms with van der Waals surface area (Å²) in [6.07, 6.45) is -3.89. The van der Waals surface area contributed by atoms with E-state index in [1.165, 1.54) is 12.1 Å². The maximum Gasteiger partial charge on any atom is 0.573 e. The van der Waals surface area contributed by atoms with Gasteiger partial charge in [0.2, 0.25) is 5.91 Å². The minimum atomic E-state index is -4.70. The molecule has 29 heavy (non-hydrogen) atoms. The molecule has 1 aromatic carbocycles. The number of hydrogen-bond acceptors (Lipinski definition) is 4.